The summed E-state index contributed by atoms with van der Waals surface area (Å²) in [4.78, 5) is 22.5. The van der Waals surface area contributed by atoms with E-state index in [1.807, 2.05) is 6.92 Å². The van der Waals surface area contributed by atoms with Gasteiger partial charge >= 0.3 is 11.9 Å². The Balaban J connectivity index is 2.72. The number of carbonyl (C=O) groups is 2. The smallest absolute Gasteiger partial charge is 0.338 e. The van der Waals surface area contributed by atoms with Gasteiger partial charge in [-0.05, 0) is 6.42 Å². The lowest BCUT2D eigenvalue weighted by Gasteiger charge is -2.18. The maximum Gasteiger partial charge on any atom is 0.338 e. The second kappa shape index (κ2) is 4.82. The maximum atomic E-state index is 11.5. The molecule has 0 aromatic rings. The highest BCUT2D eigenvalue weighted by Gasteiger charge is 2.47. The van der Waals surface area contributed by atoms with Gasteiger partial charge in [-0.1, -0.05) is 19.8 Å². The molecule has 1 aliphatic rings. The SMILES string of the molecule is CCCC[C@@H](C(=O)O)[C@@H]1OC(C)(C)OC1=O. The molecule has 0 spiro atoms. The third kappa shape index (κ3) is 2.95. The van der Waals surface area contributed by atoms with Crippen LogP contribution in [0.2, 0.25) is 0 Å². The highest BCUT2D eigenvalue weighted by molar-refractivity contribution is 5.84. The molecular formula is C11H18O5. The summed E-state index contributed by atoms with van der Waals surface area (Å²) in [6, 6.07) is 0. The highest BCUT2D eigenvalue weighted by Crippen LogP contribution is 2.30. The van der Waals surface area contributed by atoms with Gasteiger partial charge in [0, 0.05) is 13.8 Å². The van der Waals surface area contributed by atoms with E-state index < -0.39 is 29.7 Å². The fourth-order valence-corrected chi connectivity index (χ4v) is 1.75. The van der Waals surface area contributed by atoms with E-state index in [1.54, 1.807) is 13.8 Å². The molecule has 1 N–H and O–H groups in total. The van der Waals surface area contributed by atoms with E-state index in [1.165, 1.54) is 0 Å². The predicted molar refractivity (Wildman–Crippen MR) is 55.7 cm³/mol. The maximum absolute atomic E-state index is 11.5. The molecule has 1 rings (SSSR count). The van der Waals surface area contributed by atoms with Gasteiger partial charge in [-0.2, -0.15) is 0 Å². The lowest BCUT2D eigenvalue weighted by molar-refractivity contribution is -0.163. The number of carboxylic acid groups (broad SMARTS) is 1. The third-order valence-corrected chi connectivity index (χ3v) is 2.54. The Morgan fingerprint density at radius 3 is 2.56 bits per heavy atom. The van der Waals surface area contributed by atoms with E-state index in [9.17, 15) is 9.59 Å². The molecule has 1 heterocycles. The molecule has 0 aromatic carbocycles. The Kier molecular flexibility index (Phi) is 3.91. The van der Waals surface area contributed by atoms with Crippen LogP contribution in [0.4, 0.5) is 0 Å². The van der Waals surface area contributed by atoms with Crippen molar-refractivity contribution in [1.82, 2.24) is 0 Å². The second-order valence-electron chi connectivity index (χ2n) is 4.45. The van der Waals surface area contributed by atoms with Gasteiger partial charge < -0.3 is 14.6 Å². The molecule has 0 saturated carbocycles. The molecule has 0 bridgehead atoms. The van der Waals surface area contributed by atoms with Gasteiger partial charge in [0.05, 0.1) is 5.92 Å². The van der Waals surface area contributed by atoms with Crippen molar-refractivity contribution in [1.29, 1.82) is 0 Å². The fourth-order valence-electron chi connectivity index (χ4n) is 1.75. The van der Waals surface area contributed by atoms with E-state index in [4.69, 9.17) is 14.6 Å². The lowest BCUT2D eigenvalue weighted by Crippen LogP contribution is -2.34. The van der Waals surface area contributed by atoms with Crippen molar-refractivity contribution >= 4 is 11.9 Å². The van der Waals surface area contributed by atoms with Crippen LogP contribution in [0.25, 0.3) is 0 Å². The van der Waals surface area contributed by atoms with Gasteiger partial charge in [-0.15, -0.1) is 0 Å². The topological polar surface area (TPSA) is 72.8 Å². The van der Waals surface area contributed by atoms with Crippen LogP contribution in [-0.2, 0) is 19.1 Å². The summed E-state index contributed by atoms with van der Waals surface area (Å²) in [5, 5.41) is 9.06. The first kappa shape index (κ1) is 13.0. The van der Waals surface area contributed by atoms with E-state index in [0.717, 1.165) is 12.8 Å². The Bertz CT molecular complexity index is 284. The molecule has 5 nitrogen and oxygen atoms in total. The zero-order valence-corrected chi connectivity index (χ0v) is 9.86. The largest absolute Gasteiger partial charge is 0.481 e. The summed E-state index contributed by atoms with van der Waals surface area (Å²) in [5.74, 6) is -3.40. The molecule has 92 valence electrons. The zero-order chi connectivity index (χ0) is 12.3. The van der Waals surface area contributed by atoms with Crippen molar-refractivity contribution < 1.29 is 24.2 Å². The zero-order valence-electron chi connectivity index (χ0n) is 9.86. The average molecular weight is 230 g/mol. The van der Waals surface area contributed by atoms with Crippen molar-refractivity contribution in [3.8, 4) is 0 Å². The third-order valence-electron chi connectivity index (χ3n) is 2.54. The summed E-state index contributed by atoms with van der Waals surface area (Å²) in [6.45, 7) is 5.17. The minimum atomic E-state index is -1.01. The first-order valence-electron chi connectivity index (χ1n) is 5.51. The Hall–Kier alpha value is -1.10. The van der Waals surface area contributed by atoms with Gasteiger partial charge in [0.15, 0.2) is 6.10 Å². The van der Waals surface area contributed by atoms with E-state index >= 15 is 0 Å². The van der Waals surface area contributed by atoms with Crippen molar-refractivity contribution in [2.75, 3.05) is 0 Å². The molecule has 2 atom stereocenters. The van der Waals surface area contributed by atoms with Crippen molar-refractivity contribution in [3.05, 3.63) is 0 Å². The molecular weight excluding hydrogens is 212 g/mol. The van der Waals surface area contributed by atoms with Gasteiger partial charge in [-0.25, -0.2) is 4.79 Å². The molecule has 1 aliphatic heterocycles. The van der Waals surface area contributed by atoms with Gasteiger partial charge in [0.1, 0.15) is 0 Å². The van der Waals surface area contributed by atoms with Crippen LogP contribution in [0.15, 0.2) is 0 Å². The first-order chi connectivity index (χ1) is 7.37. The minimum absolute atomic E-state index is 0.432. The van der Waals surface area contributed by atoms with Crippen LogP contribution in [0.1, 0.15) is 40.0 Å². The predicted octanol–water partition coefficient (Wildman–Crippen LogP) is 1.56. The number of carboxylic acids is 1. The van der Waals surface area contributed by atoms with Crippen LogP contribution in [0.3, 0.4) is 0 Å². The number of rotatable bonds is 5. The monoisotopic (exact) mass is 230 g/mol. The van der Waals surface area contributed by atoms with E-state index in [0.29, 0.717) is 6.42 Å². The van der Waals surface area contributed by atoms with Gasteiger partial charge in [-0.3, -0.25) is 4.79 Å². The molecule has 0 unspecified atom stereocenters. The Morgan fingerprint density at radius 2 is 2.19 bits per heavy atom. The summed E-state index contributed by atoms with van der Waals surface area (Å²) >= 11 is 0. The average Bonchev–Trinajstić information content (AvgIpc) is 2.40. The highest BCUT2D eigenvalue weighted by atomic mass is 16.8. The minimum Gasteiger partial charge on any atom is -0.481 e. The number of carbonyl (C=O) groups excluding carboxylic acids is 1. The number of esters is 1. The van der Waals surface area contributed by atoms with Crippen molar-refractivity contribution in [3.63, 3.8) is 0 Å². The Morgan fingerprint density at radius 1 is 1.56 bits per heavy atom. The molecule has 1 saturated heterocycles. The molecule has 0 aliphatic carbocycles. The summed E-state index contributed by atoms with van der Waals surface area (Å²) < 4.78 is 10.3. The van der Waals surface area contributed by atoms with Crippen LogP contribution in [0, 0.1) is 5.92 Å². The summed E-state index contributed by atoms with van der Waals surface area (Å²) in [5.41, 5.74) is 0. The van der Waals surface area contributed by atoms with Crippen LogP contribution >= 0.6 is 0 Å². The van der Waals surface area contributed by atoms with Crippen LogP contribution in [0.5, 0.6) is 0 Å². The summed E-state index contributed by atoms with van der Waals surface area (Å²) in [7, 11) is 0. The van der Waals surface area contributed by atoms with Gasteiger partial charge in [0.2, 0.25) is 5.79 Å². The fraction of sp³-hybridized carbons (Fsp3) is 0.818. The molecule has 16 heavy (non-hydrogen) atoms. The number of ether oxygens (including phenoxy) is 2. The Labute approximate surface area is 94.7 Å². The van der Waals surface area contributed by atoms with Crippen LogP contribution in [-0.4, -0.2) is 28.9 Å². The lowest BCUT2D eigenvalue weighted by atomic mass is 9.96. The van der Waals surface area contributed by atoms with Crippen LogP contribution < -0.4 is 0 Å². The standard InChI is InChI=1S/C11H18O5/c1-4-5-6-7(9(12)13)8-10(14)16-11(2,3)15-8/h7-8H,4-6H2,1-3H3,(H,12,13)/t7-,8+/m1/s1. The quantitative estimate of drug-likeness (QED) is 0.725. The number of hydrogen-bond donors (Lipinski definition) is 1. The van der Waals surface area contributed by atoms with E-state index in [2.05, 4.69) is 0 Å². The first-order valence-corrected chi connectivity index (χ1v) is 5.51. The molecule has 5 heteroatoms. The number of aliphatic carboxylic acids is 1. The second-order valence-corrected chi connectivity index (χ2v) is 4.45. The molecule has 0 aromatic heterocycles. The normalized spacial score (nSPS) is 25.2. The van der Waals surface area contributed by atoms with Crippen molar-refractivity contribution in [2.45, 2.75) is 51.9 Å². The van der Waals surface area contributed by atoms with E-state index in [-0.39, 0.29) is 0 Å². The van der Waals surface area contributed by atoms with Gasteiger partial charge in [0.25, 0.3) is 0 Å². The van der Waals surface area contributed by atoms with Crippen molar-refractivity contribution in [2.24, 2.45) is 5.92 Å². The number of hydrogen-bond acceptors (Lipinski definition) is 4. The molecule has 0 radical (unpaired) electrons. The number of cyclic esters (lactones) is 1. The summed E-state index contributed by atoms with van der Waals surface area (Å²) in [6.07, 6.45) is 1.10. The number of unbranched alkanes of at least 4 members (excludes halogenated alkanes) is 1. The molecule has 1 fully saturated rings. The molecule has 0 amide bonds.